The first-order valence-electron chi connectivity index (χ1n) is 8.51. The summed E-state index contributed by atoms with van der Waals surface area (Å²) in [7, 11) is 0. The highest BCUT2D eigenvalue weighted by Gasteiger charge is 2.24. The minimum Gasteiger partial charge on any atom is -0.452 e. The molecule has 0 spiro atoms. The summed E-state index contributed by atoms with van der Waals surface area (Å²) in [5.41, 5.74) is 1.51. The molecule has 25 heavy (non-hydrogen) atoms. The maximum atomic E-state index is 12.5. The fourth-order valence-corrected chi connectivity index (χ4v) is 2.74. The number of carbonyl (C=O) groups excluding carboxylic acids is 1. The normalized spacial score (nSPS) is 11.4. The highest BCUT2D eigenvalue weighted by atomic mass is 35.5. The Hall–Kier alpha value is -2.07. The van der Waals surface area contributed by atoms with E-state index in [0.717, 1.165) is 30.4 Å². The van der Waals surface area contributed by atoms with Crippen molar-refractivity contribution in [2.24, 2.45) is 0 Å². The Labute approximate surface area is 153 Å². The lowest BCUT2D eigenvalue weighted by molar-refractivity contribution is -0.107. The highest BCUT2D eigenvalue weighted by molar-refractivity contribution is 6.30. The molecule has 2 rings (SSSR count). The van der Waals surface area contributed by atoms with E-state index >= 15 is 0 Å². The number of aromatic amines is 1. The van der Waals surface area contributed by atoms with Crippen molar-refractivity contribution in [1.29, 1.82) is 0 Å². The quantitative estimate of drug-likeness (QED) is 0.530. The topological polar surface area (TPSA) is 59.2 Å². The summed E-state index contributed by atoms with van der Waals surface area (Å²) in [5, 5.41) is 0.607. The monoisotopic (exact) mass is 361 g/mol. The molecule has 5 heteroatoms. The molecule has 0 atom stereocenters. The third-order valence-electron chi connectivity index (χ3n) is 4.46. The van der Waals surface area contributed by atoms with Crippen LogP contribution in [0.4, 0.5) is 0 Å². The van der Waals surface area contributed by atoms with E-state index in [0.29, 0.717) is 23.6 Å². The van der Waals surface area contributed by atoms with Crippen LogP contribution in [0, 0.1) is 0 Å². The van der Waals surface area contributed by atoms with Crippen LogP contribution in [0.15, 0.2) is 35.1 Å². The second-order valence-corrected chi connectivity index (χ2v) is 7.15. The number of nitrogens with one attached hydrogen (secondary N) is 1. The second-order valence-electron chi connectivity index (χ2n) is 6.72. The lowest BCUT2D eigenvalue weighted by atomic mass is 9.82. The first kappa shape index (κ1) is 19.3. The summed E-state index contributed by atoms with van der Waals surface area (Å²) in [5.74, 6) is 0.801. The fourth-order valence-electron chi connectivity index (χ4n) is 2.61. The third kappa shape index (κ3) is 4.95. The summed E-state index contributed by atoms with van der Waals surface area (Å²) < 4.78 is 5.74. The molecule has 0 bridgehead atoms. The molecule has 1 aromatic carbocycles. The largest absolute Gasteiger partial charge is 0.452 e. The van der Waals surface area contributed by atoms with Crippen molar-refractivity contribution in [2.75, 3.05) is 0 Å². The van der Waals surface area contributed by atoms with Crippen LogP contribution < -0.4 is 10.3 Å². The molecule has 0 unspecified atom stereocenters. The van der Waals surface area contributed by atoms with Crippen molar-refractivity contribution in [3.63, 3.8) is 0 Å². The summed E-state index contributed by atoms with van der Waals surface area (Å²) in [6.45, 7) is 6.29. The van der Waals surface area contributed by atoms with E-state index in [1.807, 2.05) is 0 Å². The summed E-state index contributed by atoms with van der Waals surface area (Å²) in [6.07, 6.45) is 3.76. The van der Waals surface area contributed by atoms with E-state index in [1.165, 1.54) is 0 Å². The van der Waals surface area contributed by atoms with Crippen LogP contribution in [0.25, 0.3) is 0 Å². The van der Waals surface area contributed by atoms with Crippen LogP contribution in [-0.2, 0) is 16.6 Å². The molecule has 0 saturated carbocycles. The van der Waals surface area contributed by atoms with Crippen molar-refractivity contribution >= 4 is 17.9 Å². The van der Waals surface area contributed by atoms with E-state index in [4.69, 9.17) is 16.3 Å². The smallest absolute Gasteiger partial charge is 0.291 e. The number of unbranched alkanes of at least 4 members (excludes halogenated alkanes) is 1. The molecule has 0 aliphatic rings. The van der Waals surface area contributed by atoms with Crippen molar-refractivity contribution in [3.8, 4) is 11.5 Å². The van der Waals surface area contributed by atoms with Crippen molar-refractivity contribution in [1.82, 2.24) is 4.98 Å². The molecule has 1 heterocycles. The molecule has 0 aliphatic carbocycles. The molecule has 4 nitrogen and oxygen atoms in total. The first-order chi connectivity index (χ1) is 11.9. The number of rotatable bonds is 8. The van der Waals surface area contributed by atoms with Crippen LogP contribution >= 0.6 is 11.6 Å². The average molecular weight is 362 g/mol. The number of aromatic nitrogens is 1. The van der Waals surface area contributed by atoms with E-state index in [2.05, 4.69) is 25.8 Å². The number of carbonyl (C=O) groups is 1. The number of aldehydes is 1. The van der Waals surface area contributed by atoms with Gasteiger partial charge in [0.15, 0.2) is 5.75 Å². The van der Waals surface area contributed by atoms with Gasteiger partial charge in [0.2, 0.25) is 0 Å². The molecule has 0 radical (unpaired) electrons. The lowest BCUT2D eigenvalue weighted by Crippen LogP contribution is -2.25. The van der Waals surface area contributed by atoms with Gasteiger partial charge in [-0.05, 0) is 55.2 Å². The van der Waals surface area contributed by atoms with Crippen LogP contribution in [0.2, 0.25) is 5.02 Å². The maximum absolute atomic E-state index is 12.5. The third-order valence-corrected chi connectivity index (χ3v) is 4.71. The number of halogens is 1. The van der Waals surface area contributed by atoms with Gasteiger partial charge >= 0.3 is 0 Å². The zero-order valence-electron chi connectivity index (χ0n) is 14.9. The molecule has 0 fully saturated rings. The average Bonchev–Trinajstić information content (AvgIpc) is 2.59. The molecule has 0 amide bonds. The number of benzene rings is 1. The summed E-state index contributed by atoms with van der Waals surface area (Å²) in [6, 6.07) is 8.66. The minimum absolute atomic E-state index is 0.158. The lowest BCUT2D eigenvalue weighted by Gasteiger charge is -2.26. The van der Waals surface area contributed by atoms with Crippen molar-refractivity contribution < 1.29 is 9.53 Å². The molecule has 2 aromatic rings. The Morgan fingerprint density at radius 3 is 2.52 bits per heavy atom. The van der Waals surface area contributed by atoms with Gasteiger partial charge in [0.25, 0.3) is 5.56 Å². The Morgan fingerprint density at radius 1 is 1.24 bits per heavy atom. The van der Waals surface area contributed by atoms with E-state index < -0.39 is 0 Å². The summed E-state index contributed by atoms with van der Waals surface area (Å²) in [4.78, 5) is 26.1. The van der Waals surface area contributed by atoms with Crippen LogP contribution in [-0.4, -0.2) is 11.3 Å². The maximum Gasteiger partial charge on any atom is 0.291 e. The molecule has 134 valence electrons. The van der Waals surface area contributed by atoms with Gasteiger partial charge in [-0.1, -0.05) is 32.4 Å². The number of hydrogen-bond donors (Lipinski definition) is 1. The molecule has 1 N–H and O–H groups in total. The van der Waals surface area contributed by atoms with Gasteiger partial charge in [0.05, 0.1) is 0 Å². The molecular formula is C20H24ClNO3. The molecule has 1 aromatic heterocycles. The zero-order valence-corrected chi connectivity index (χ0v) is 15.7. The SMILES string of the molecule is CCC(C)(C)c1[nH]c(=O)c(Oc2ccc(Cl)cc2)cc1CCCC=O. The number of pyridine rings is 1. The van der Waals surface area contributed by atoms with E-state index in [9.17, 15) is 9.59 Å². The summed E-state index contributed by atoms with van der Waals surface area (Å²) >= 11 is 5.88. The number of H-pyrrole nitrogens is 1. The standard InChI is InChI=1S/C20H24ClNO3/c1-4-20(2,3)18-14(7-5-6-12-23)13-17(19(24)22-18)25-16-10-8-15(21)9-11-16/h8-13H,4-7H2,1-3H3,(H,22,24). The number of ether oxygens (including phenoxy) is 1. The zero-order chi connectivity index (χ0) is 18.4. The minimum atomic E-state index is -0.259. The van der Waals surface area contributed by atoms with E-state index in [-0.39, 0.29) is 16.7 Å². The van der Waals surface area contributed by atoms with Gasteiger partial charge in [-0.2, -0.15) is 0 Å². The van der Waals surface area contributed by atoms with Crippen LogP contribution in [0.5, 0.6) is 11.5 Å². The van der Waals surface area contributed by atoms with Gasteiger partial charge in [-0.15, -0.1) is 0 Å². The fraction of sp³-hybridized carbons (Fsp3) is 0.400. The van der Waals surface area contributed by atoms with Gasteiger partial charge in [0.1, 0.15) is 12.0 Å². The Balaban J connectivity index is 2.40. The molecular weight excluding hydrogens is 338 g/mol. The number of hydrogen-bond acceptors (Lipinski definition) is 3. The predicted octanol–water partition coefficient (Wildman–Crippen LogP) is 5.03. The number of aryl methyl sites for hydroxylation is 1. The van der Waals surface area contributed by atoms with Crippen molar-refractivity contribution in [2.45, 2.75) is 51.9 Å². The van der Waals surface area contributed by atoms with Crippen molar-refractivity contribution in [3.05, 3.63) is 57.0 Å². The second kappa shape index (κ2) is 8.34. The van der Waals surface area contributed by atoms with Crippen LogP contribution in [0.3, 0.4) is 0 Å². The van der Waals surface area contributed by atoms with Crippen LogP contribution in [0.1, 0.15) is 51.3 Å². The van der Waals surface area contributed by atoms with E-state index in [1.54, 1.807) is 30.3 Å². The van der Waals surface area contributed by atoms with Gasteiger partial charge in [0, 0.05) is 22.6 Å². The van der Waals surface area contributed by atoms with Gasteiger partial charge in [-0.3, -0.25) is 4.79 Å². The Kier molecular flexibility index (Phi) is 6.43. The molecule has 0 aliphatic heterocycles. The highest BCUT2D eigenvalue weighted by Crippen LogP contribution is 2.30. The first-order valence-corrected chi connectivity index (χ1v) is 8.89. The predicted molar refractivity (Wildman–Crippen MR) is 101 cm³/mol. The van der Waals surface area contributed by atoms with Gasteiger partial charge < -0.3 is 14.5 Å². The molecule has 0 saturated heterocycles. The Morgan fingerprint density at radius 2 is 1.92 bits per heavy atom. The Bertz CT molecular complexity index is 779. The van der Waals surface area contributed by atoms with Gasteiger partial charge in [-0.25, -0.2) is 0 Å².